The van der Waals surface area contributed by atoms with Crippen LogP contribution in [0, 0.1) is 17.8 Å². The highest BCUT2D eigenvalue weighted by atomic mass is 32.2. The van der Waals surface area contributed by atoms with E-state index in [1.165, 1.54) is 0 Å². The lowest BCUT2D eigenvalue weighted by atomic mass is 9.71. The number of nitrogens with zero attached hydrogens (tertiary/aromatic N) is 3. The third-order valence-electron chi connectivity index (χ3n) is 9.03. The van der Waals surface area contributed by atoms with Gasteiger partial charge in [-0.1, -0.05) is 26.0 Å². The topological polar surface area (TPSA) is 90.4 Å². The van der Waals surface area contributed by atoms with Gasteiger partial charge in [0.15, 0.2) is 0 Å². The van der Waals surface area contributed by atoms with E-state index in [2.05, 4.69) is 31.9 Å². The van der Waals surface area contributed by atoms with Gasteiger partial charge in [0, 0.05) is 36.3 Å². The SMILES string of the molecule is C=CCCOC(=O)[C@@H]1[C@@H]2CCC3(S2)C(C(=O)N(CC=C)c2ccc(N(CC)CC)cc2)N([C@@H](CO)CC(C)C)C(=O)[C@H]13. The van der Waals surface area contributed by atoms with E-state index >= 15 is 0 Å². The van der Waals surface area contributed by atoms with Gasteiger partial charge in [-0.2, -0.15) is 0 Å². The van der Waals surface area contributed by atoms with E-state index in [1.807, 2.05) is 38.1 Å². The summed E-state index contributed by atoms with van der Waals surface area (Å²) in [7, 11) is 0. The Kier molecular flexibility index (Phi) is 10.5. The highest BCUT2D eigenvalue weighted by Gasteiger charge is 2.74. The second kappa shape index (κ2) is 13.7. The second-order valence-corrected chi connectivity index (χ2v) is 13.5. The van der Waals surface area contributed by atoms with E-state index in [1.54, 1.807) is 33.7 Å². The van der Waals surface area contributed by atoms with E-state index in [-0.39, 0.29) is 48.7 Å². The van der Waals surface area contributed by atoms with Crippen LogP contribution in [0.1, 0.15) is 53.4 Å². The molecule has 2 unspecified atom stereocenters. The molecule has 3 fully saturated rings. The van der Waals surface area contributed by atoms with Crippen LogP contribution in [-0.2, 0) is 19.1 Å². The van der Waals surface area contributed by atoms with Crippen molar-refractivity contribution in [3.05, 3.63) is 49.6 Å². The van der Waals surface area contributed by atoms with Crippen molar-refractivity contribution >= 4 is 40.9 Å². The number of hydrogen-bond acceptors (Lipinski definition) is 7. The van der Waals surface area contributed by atoms with Crippen LogP contribution in [0.4, 0.5) is 11.4 Å². The molecule has 8 nitrogen and oxygen atoms in total. The number of aliphatic hydroxyl groups is 1. The normalized spacial score (nSPS) is 26.7. The molecule has 4 rings (SSSR count). The van der Waals surface area contributed by atoms with Crippen molar-refractivity contribution < 1.29 is 24.2 Å². The van der Waals surface area contributed by atoms with Gasteiger partial charge in [-0.3, -0.25) is 14.4 Å². The molecule has 3 saturated heterocycles. The summed E-state index contributed by atoms with van der Waals surface area (Å²) >= 11 is 1.61. The minimum Gasteiger partial charge on any atom is -0.465 e. The highest BCUT2D eigenvalue weighted by molar-refractivity contribution is 8.02. The lowest BCUT2D eigenvalue weighted by Gasteiger charge is -2.40. The number of benzene rings is 1. The molecule has 3 heterocycles. The largest absolute Gasteiger partial charge is 0.465 e. The zero-order valence-electron chi connectivity index (χ0n) is 25.5. The quantitative estimate of drug-likeness (QED) is 0.179. The van der Waals surface area contributed by atoms with Gasteiger partial charge in [-0.05, 0) is 69.7 Å². The van der Waals surface area contributed by atoms with E-state index < -0.39 is 28.7 Å². The molecule has 1 aromatic rings. The van der Waals surface area contributed by atoms with Gasteiger partial charge in [0.05, 0.1) is 35.8 Å². The first-order valence-corrected chi connectivity index (χ1v) is 16.2. The van der Waals surface area contributed by atoms with E-state index in [0.29, 0.717) is 19.3 Å². The Hall–Kier alpha value is -2.78. The first-order valence-electron chi connectivity index (χ1n) is 15.3. The monoisotopic (exact) mass is 597 g/mol. The number of hydrogen-bond donors (Lipinski definition) is 1. The summed E-state index contributed by atoms with van der Waals surface area (Å²) in [5.74, 6) is -1.86. The molecule has 42 heavy (non-hydrogen) atoms. The Morgan fingerprint density at radius 3 is 2.40 bits per heavy atom. The molecular weight excluding hydrogens is 550 g/mol. The fourth-order valence-corrected chi connectivity index (χ4v) is 9.41. The number of ether oxygens (including phenoxy) is 1. The molecule has 2 bridgehead atoms. The van der Waals surface area contributed by atoms with Crippen molar-refractivity contribution in [3.8, 4) is 0 Å². The van der Waals surface area contributed by atoms with Gasteiger partial charge in [0.1, 0.15) is 6.04 Å². The van der Waals surface area contributed by atoms with Crippen LogP contribution in [0.15, 0.2) is 49.6 Å². The maximum atomic E-state index is 14.8. The van der Waals surface area contributed by atoms with E-state index in [0.717, 1.165) is 30.9 Å². The lowest BCUT2D eigenvalue weighted by molar-refractivity contribution is -0.154. The van der Waals surface area contributed by atoms with Crippen molar-refractivity contribution in [2.45, 2.75) is 75.5 Å². The van der Waals surface area contributed by atoms with E-state index in [9.17, 15) is 19.5 Å². The molecule has 1 N–H and O–H groups in total. The van der Waals surface area contributed by atoms with Crippen LogP contribution in [-0.4, -0.2) is 82.7 Å². The molecule has 1 aromatic carbocycles. The number of likely N-dealkylation sites (tertiary alicyclic amines) is 1. The zero-order chi connectivity index (χ0) is 30.6. The average molecular weight is 598 g/mol. The van der Waals surface area contributed by atoms with Crippen molar-refractivity contribution in [3.63, 3.8) is 0 Å². The Morgan fingerprint density at radius 2 is 1.83 bits per heavy atom. The summed E-state index contributed by atoms with van der Waals surface area (Å²) < 4.78 is 4.84. The molecule has 230 valence electrons. The molecule has 2 amide bonds. The highest BCUT2D eigenvalue weighted by Crippen LogP contribution is 2.67. The van der Waals surface area contributed by atoms with Crippen LogP contribution in [0.25, 0.3) is 0 Å². The average Bonchev–Trinajstić information content (AvgIpc) is 3.63. The van der Waals surface area contributed by atoms with Gasteiger partial charge in [0.2, 0.25) is 5.91 Å². The number of aliphatic hydroxyl groups excluding tert-OH is 1. The first kappa shape index (κ1) is 32.1. The predicted molar refractivity (Wildman–Crippen MR) is 170 cm³/mol. The Balaban J connectivity index is 1.76. The Labute approximate surface area is 255 Å². The summed E-state index contributed by atoms with van der Waals surface area (Å²) in [5.41, 5.74) is 1.80. The van der Waals surface area contributed by atoms with Gasteiger partial charge in [0.25, 0.3) is 5.91 Å². The number of esters is 1. The third kappa shape index (κ3) is 5.74. The minimum atomic E-state index is -0.811. The smallest absolute Gasteiger partial charge is 0.310 e. The number of amides is 2. The molecule has 0 radical (unpaired) electrons. The van der Waals surface area contributed by atoms with Crippen molar-refractivity contribution in [2.24, 2.45) is 17.8 Å². The van der Waals surface area contributed by atoms with Crippen LogP contribution in [0.2, 0.25) is 0 Å². The third-order valence-corrected chi connectivity index (χ3v) is 11.0. The molecule has 3 aliphatic heterocycles. The standard InChI is InChI=1S/C33H47N3O5S/c1-7-11-19-41-32(40)27-26-16-17-33(42-26)28(27)30(38)36(25(21-37)20-22(5)6)29(33)31(39)35(18-8-2)24-14-12-23(13-15-24)34(9-3)10-4/h7-8,12-15,22,25-29,37H,1-2,9-11,16-21H2,3-6H3/t25-,26+,27-,28+,29?,33?/m1/s1. The first-order chi connectivity index (χ1) is 20.2. The zero-order valence-corrected chi connectivity index (χ0v) is 26.4. The number of rotatable bonds is 15. The van der Waals surface area contributed by atoms with E-state index in [4.69, 9.17) is 4.74 Å². The fraction of sp³-hybridized carbons (Fsp3) is 0.606. The Bertz CT molecular complexity index is 1150. The fourth-order valence-electron chi connectivity index (χ4n) is 7.22. The van der Waals surface area contributed by atoms with Crippen molar-refractivity contribution in [2.75, 3.05) is 42.6 Å². The minimum absolute atomic E-state index is 0.0773. The summed E-state index contributed by atoms with van der Waals surface area (Å²) in [4.78, 5) is 48.2. The van der Waals surface area contributed by atoms with Crippen LogP contribution >= 0.6 is 11.8 Å². The van der Waals surface area contributed by atoms with Gasteiger partial charge in [-0.25, -0.2) is 0 Å². The van der Waals surface area contributed by atoms with Crippen LogP contribution in [0.3, 0.4) is 0 Å². The lowest BCUT2D eigenvalue weighted by Crippen LogP contribution is -2.57. The molecule has 0 aliphatic carbocycles. The molecule has 1 spiro atoms. The maximum Gasteiger partial charge on any atom is 0.310 e. The Morgan fingerprint density at radius 1 is 1.17 bits per heavy atom. The number of anilines is 2. The van der Waals surface area contributed by atoms with Gasteiger partial charge >= 0.3 is 5.97 Å². The maximum absolute atomic E-state index is 14.8. The predicted octanol–water partition coefficient (Wildman–Crippen LogP) is 4.67. The summed E-state index contributed by atoms with van der Waals surface area (Å²) in [6, 6.07) is 6.59. The molecule has 0 aromatic heterocycles. The second-order valence-electron chi connectivity index (χ2n) is 11.9. The van der Waals surface area contributed by atoms with Crippen molar-refractivity contribution in [1.29, 1.82) is 0 Å². The van der Waals surface area contributed by atoms with Gasteiger partial charge < -0.3 is 24.5 Å². The molecule has 0 saturated carbocycles. The molecular formula is C33H47N3O5S. The van der Waals surface area contributed by atoms with Crippen LogP contribution < -0.4 is 9.80 Å². The number of thioether (sulfide) groups is 1. The number of carbonyl (C=O) groups is 3. The number of carbonyl (C=O) groups excluding carboxylic acids is 3. The van der Waals surface area contributed by atoms with Crippen molar-refractivity contribution in [1.82, 2.24) is 4.90 Å². The summed E-state index contributed by atoms with van der Waals surface area (Å²) in [5, 5.41) is 10.5. The molecule has 3 aliphatic rings. The number of fused-ring (bicyclic) bond motifs is 1. The molecule has 6 atom stereocenters. The van der Waals surface area contributed by atoms with Gasteiger partial charge in [-0.15, -0.1) is 24.9 Å². The summed E-state index contributed by atoms with van der Waals surface area (Å²) in [6.07, 6.45) is 5.88. The van der Waals surface area contributed by atoms with Crippen LogP contribution in [0.5, 0.6) is 0 Å². The molecule has 9 heteroatoms. The summed E-state index contributed by atoms with van der Waals surface area (Å²) in [6.45, 7) is 17.9.